The van der Waals surface area contributed by atoms with E-state index in [1.807, 2.05) is 6.92 Å². The number of rotatable bonds is 3. The van der Waals surface area contributed by atoms with E-state index in [1.54, 1.807) is 6.92 Å². The molecule has 0 aromatic heterocycles. The van der Waals surface area contributed by atoms with Crippen molar-refractivity contribution in [3.8, 4) is 0 Å². The summed E-state index contributed by atoms with van der Waals surface area (Å²) in [4.78, 5) is 23.4. The van der Waals surface area contributed by atoms with Crippen LogP contribution in [0.1, 0.15) is 33.1 Å². The van der Waals surface area contributed by atoms with Crippen LogP contribution in [0, 0.1) is 5.92 Å². The van der Waals surface area contributed by atoms with Gasteiger partial charge in [-0.3, -0.25) is 9.59 Å². The quantitative estimate of drug-likeness (QED) is 0.744. The summed E-state index contributed by atoms with van der Waals surface area (Å²) in [5.41, 5.74) is 0. The van der Waals surface area contributed by atoms with Crippen molar-refractivity contribution in [1.82, 2.24) is 4.90 Å². The van der Waals surface area contributed by atoms with Crippen LogP contribution in [-0.2, 0) is 14.3 Å². The Bertz CT molecular complexity index is 336. The predicted molar refractivity (Wildman–Crippen MR) is 61.2 cm³/mol. The van der Waals surface area contributed by atoms with Gasteiger partial charge in [-0.25, -0.2) is 0 Å². The maximum atomic E-state index is 12.2. The molecule has 1 saturated heterocycles. The molecular formula is C12H18F3NO3. The lowest BCUT2D eigenvalue weighted by atomic mass is 9.97. The molecule has 0 aromatic carbocycles. The van der Waals surface area contributed by atoms with Crippen LogP contribution >= 0.6 is 0 Å². The minimum absolute atomic E-state index is 0.0569. The summed E-state index contributed by atoms with van der Waals surface area (Å²) in [6.45, 7) is 3.53. The average Bonchev–Trinajstić information content (AvgIpc) is 2.36. The van der Waals surface area contributed by atoms with Gasteiger partial charge in [-0.15, -0.1) is 0 Å². The number of piperidine rings is 1. The van der Waals surface area contributed by atoms with E-state index < -0.39 is 18.0 Å². The molecule has 0 aliphatic carbocycles. The van der Waals surface area contributed by atoms with Crippen LogP contribution in [0.5, 0.6) is 0 Å². The van der Waals surface area contributed by atoms with Crippen molar-refractivity contribution in [2.75, 3.05) is 13.1 Å². The molecular weight excluding hydrogens is 263 g/mol. The van der Waals surface area contributed by atoms with Gasteiger partial charge >= 0.3 is 18.1 Å². The Balaban J connectivity index is 2.45. The molecule has 0 N–H and O–H groups in total. The van der Waals surface area contributed by atoms with Crippen LogP contribution in [0.4, 0.5) is 13.2 Å². The van der Waals surface area contributed by atoms with Gasteiger partial charge in [0.15, 0.2) is 0 Å². The van der Waals surface area contributed by atoms with Gasteiger partial charge in [-0.1, -0.05) is 6.92 Å². The molecule has 1 heterocycles. The van der Waals surface area contributed by atoms with Crippen molar-refractivity contribution in [2.24, 2.45) is 5.92 Å². The van der Waals surface area contributed by atoms with Gasteiger partial charge in [0, 0.05) is 13.1 Å². The third-order valence-electron chi connectivity index (χ3n) is 3.25. The smallest absolute Gasteiger partial charge is 0.462 e. The van der Waals surface area contributed by atoms with E-state index in [4.69, 9.17) is 4.74 Å². The highest BCUT2D eigenvalue weighted by Gasteiger charge is 2.43. The Kier molecular flexibility index (Phi) is 5.20. The summed E-state index contributed by atoms with van der Waals surface area (Å²) in [5, 5.41) is 0. The van der Waals surface area contributed by atoms with Crippen molar-refractivity contribution in [3.63, 3.8) is 0 Å². The molecule has 0 saturated carbocycles. The Morgan fingerprint density at radius 1 is 1.32 bits per heavy atom. The number of hydrogen-bond acceptors (Lipinski definition) is 3. The van der Waals surface area contributed by atoms with Crippen LogP contribution in [0.3, 0.4) is 0 Å². The van der Waals surface area contributed by atoms with Crippen molar-refractivity contribution >= 4 is 11.9 Å². The topological polar surface area (TPSA) is 46.6 Å². The number of nitrogens with zero attached hydrogens (tertiary/aromatic N) is 1. The third kappa shape index (κ3) is 4.40. The molecule has 19 heavy (non-hydrogen) atoms. The minimum Gasteiger partial charge on any atom is -0.462 e. The zero-order valence-corrected chi connectivity index (χ0v) is 11.0. The van der Waals surface area contributed by atoms with E-state index in [-0.39, 0.29) is 38.0 Å². The van der Waals surface area contributed by atoms with Crippen LogP contribution in [-0.4, -0.2) is 42.1 Å². The number of ether oxygens (including phenoxy) is 1. The summed E-state index contributed by atoms with van der Waals surface area (Å²) < 4.78 is 41.8. The van der Waals surface area contributed by atoms with Crippen molar-refractivity contribution in [1.29, 1.82) is 0 Å². The summed E-state index contributed by atoms with van der Waals surface area (Å²) >= 11 is 0. The van der Waals surface area contributed by atoms with E-state index in [2.05, 4.69) is 0 Å². The summed E-state index contributed by atoms with van der Waals surface area (Å²) in [6, 6.07) is 0. The molecule has 0 aromatic rings. The normalized spacial score (nSPS) is 19.1. The first kappa shape index (κ1) is 15.8. The standard InChI is InChI=1S/C12H18F3NO3/c1-3-8(2)19-10(17)9-4-6-16(7-5-9)11(18)12(13,14)15/h8-9H,3-7H2,1-2H3/t8-/m0/s1. The fraction of sp³-hybridized carbons (Fsp3) is 0.833. The molecule has 4 nitrogen and oxygen atoms in total. The van der Waals surface area contributed by atoms with Crippen LogP contribution in [0.2, 0.25) is 0 Å². The number of esters is 1. The Morgan fingerprint density at radius 3 is 2.26 bits per heavy atom. The first-order valence-corrected chi connectivity index (χ1v) is 6.32. The molecule has 1 fully saturated rings. The van der Waals surface area contributed by atoms with Gasteiger partial charge in [-0.2, -0.15) is 13.2 Å². The summed E-state index contributed by atoms with van der Waals surface area (Å²) in [5.74, 6) is -2.62. The molecule has 0 bridgehead atoms. The summed E-state index contributed by atoms with van der Waals surface area (Å²) in [7, 11) is 0. The van der Waals surface area contributed by atoms with E-state index >= 15 is 0 Å². The van der Waals surface area contributed by atoms with E-state index in [0.29, 0.717) is 6.42 Å². The lowest BCUT2D eigenvalue weighted by molar-refractivity contribution is -0.187. The van der Waals surface area contributed by atoms with E-state index in [9.17, 15) is 22.8 Å². The number of carbonyl (C=O) groups is 2. The van der Waals surface area contributed by atoms with Gasteiger partial charge in [0.2, 0.25) is 0 Å². The molecule has 0 unspecified atom stereocenters. The highest BCUT2D eigenvalue weighted by Crippen LogP contribution is 2.24. The molecule has 1 rings (SSSR count). The predicted octanol–water partition coefficient (Wildman–Crippen LogP) is 2.13. The fourth-order valence-corrected chi connectivity index (χ4v) is 1.88. The Labute approximate surface area is 109 Å². The second kappa shape index (κ2) is 6.25. The number of hydrogen-bond donors (Lipinski definition) is 0. The van der Waals surface area contributed by atoms with Crippen molar-refractivity contribution in [2.45, 2.75) is 45.4 Å². The second-order valence-electron chi connectivity index (χ2n) is 4.72. The Hall–Kier alpha value is -1.27. The largest absolute Gasteiger partial charge is 0.471 e. The van der Waals surface area contributed by atoms with Gasteiger partial charge in [0.05, 0.1) is 12.0 Å². The van der Waals surface area contributed by atoms with Gasteiger partial charge < -0.3 is 9.64 Å². The third-order valence-corrected chi connectivity index (χ3v) is 3.25. The molecule has 0 spiro atoms. The number of amides is 1. The van der Waals surface area contributed by atoms with Crippen LogP contribution in [0.15, 0.2) is 0 Å². The molecule has 1 aliphatic heterocycles. The lowest BCUT2D eigenvalue weighted by Crippen LogP contribution is -2.46. The van der Waals surface area contributed by atoms with Crippen molar-refractivity contribution in [3.05, 3.63) is 0 Å². The van der Waals surface area contributed by atoms with Crippen LogP contribution in [0.25, 0.3) is 0 Å². The van der Waals surface area contributed by atoms with Crippen LogP contribution < -0.4 is 0 Å². The number of halogens is 3. The number of likely N-dealkylation sites (tertiary alicyclic amines) is 1. The molecule has 1 atom stereocenters. The fourth-order valence-electron chi connectivity index (χ4n) is 1.88. The first-order chi connectivity index (χ1) is 8.75. The van der Waals surface area contributed by atoms with Gasteiger partial charge in [0.1, 0.15) is 0 Å². The summed E-state index contributed by atoms with van der Waals surface area (Å²) in [6.07, 6.45) is -3.91. The van der Waals surface area contributed by atoms with E-state index in [1.165, 1.54) is 0 Å². The minimum atomic E-state index is -4.84. The van der Waals surface area contributed by atoms with Gasteiger partial charge in [0.25, 0.3) is 0 Å². The maximum Gasteiger partial charge on any atom is 0.471 e. The second-order valence-corrected chi connectivity index (χ2v) is 4.72. The zero-order chi connectivity index (χ0) is 14.6. The zero-order valence-electron chi connectivity index (χ0n) is 11.0. The molecule has 1 aliphatic rings. The highest BCUT2D eigenvalue weighted by atomic mass is 19.4. The lowest BCUT2D eigenvalue weighted by Gasteiger charge is -2.31. The Morgan fingerprint density at radius 2 is 1.84 bits per heavy atom. The molecule has 1 amide bonds. The average molecular weight is 281 g/mol. The number of alkyl halides is 3. The SMILES string of the molecule is CC[C@H](C)OC(=O)C1CCN(C(=O)C(F)(F)F)CC1. The van der Waals surface area contributed by atoms with E-state index in [0.717, 1.165) is 4.90 Å². The highest BCUT2D eigenvalue weighted by molar-refractivity contribution is 5.82. The maximum absolute atomic E-state index is 12.2. The first-order valence-electron chi connectivity index (χ1n) is 6.32. The number of carbonyl (C=O) groups excluding carboxylic acids is 2. The van der Waals surface area contributed by atoms with Crippen molar-refractivity contribution < 1.29 is 27.5 Å². The molecule has 110 valence electrons. The molecule has 0 radical (unpaired) electrons. The monoisotopic (exact) mass is 281 g/mol. The van der Waals surface area contributed by atoms with Gasteiger partial charge in [-0.05, 0) is 26.2 Å². The molecule has 7 heteroatoms.